The molecule has 1 amide bonds. The molecule has 0 radical (unpaired) electrons. The molecule has 2 aliphatic rings. The van der Waals surface area contributed by atoms with Crippen molar-refractivity contribution in [3.8, 4) is 5.75 Å². The van der Waals surface area contributed by atoms with Gasteiger partial charge in [0.25, 0.3) is 16.0 Å². The van der Waals surface area contributed by atoms with Gasteiger partial charge in [-0.3, -0.25) is 14.2 Å². The number of hydrogen-bond acceptors (Lipinski definition) is 6. The summed E-state index contributed by atoms with van der Waals surface area (Å²) >= 11 is 6.25. The van der Waals surface area contributed by atoms with Gasteiger partial charge in [0, 0.05) is 13.0 Å². The largest absolute Gasteiger partial charge is 0.490 e. The monoisotopic (exact) mass is 385 g/mol. The Bertz CT molecular complexity index is 847. The Morgan fingerprint density at radius 3 is 2.96 bits per heavy atom. The van der Waals surface area contributed by atoms with Crippen LogP contribution in [0.3, 0.4) is 0 Å². The highest BCUT2D eigenvalue weighted by atomic mass is 32.2. The Kier molecular flexibility index (Phi) is 4.69. The first-order valence-corrected chi connectivity index (χ1v) is 10.1. The predicted octanol–water partition coefficient (Wildman–Crippen LogP) is 2.10. The maximum Gasteiger partial charge on any atom is 0.266 e. The third-order valence-corrected chi connectivity index (χ3v) is 5.74. The molecule has 0 saturated carbocycles. The average molecular weight is 385 g/mol. The first-order chi connectivity index (χ1) is 11.2. The van der Waals surface area contributed by atoms with E-state index in [1.54, 1.807) is 6.08 Å². The summed E-state index contributed by atoms with van der Waals surface area (Å²) < 4.78 is 36.5. The lowest BCUT2D eigenvalue weighted by atomic mass is 10.1. The van der Waals surface area contributed by atoms with Crippen LogP contribution in [0.25, 0.3) is 6.08 Å². The molecule has 6 nitrogen and oxygen atoms in total. The topological polar surface area (TPSA) is 83.9 Å². The summed E-state index contributed by atoms with van der Waals surface area (Å²) in [6.45, 7) is 1.84. The second-order valence-corrected chi connectivity index (χ2v) is 8.87. The van der Waals surface area contributed by atoms with Gasteiger partial charge in [0.1, 0.15) is 16.2 Å². The second kappa shape index (κ2) is 6.47. The van der Waals surface area contributed by atoms with Gasteiger partial charge in [0.2, 0.25) is 0 Å². The Labute approximate surface area is 149 Å². The van der Waals surface area contributed by atoms with Crippen molar-refractivity contribution in [2.45, 2.75) is 19.4 Å². The van der Waals surface area contributed by atoms with Crippen LogP contribution < -0.4 is 4.74 Å². The number of carbonyl (C=O) groups excluding carboxylic acids is 1. The molecule has 3 rings (SSSR count). The number of amides is 1. The molecule has 1 aromatic carbocycles. The molecular formula is C15H15NO5S3. The molecular weight excluding hydrogens is 370 g/mol. The van der Waals surface area contributed by atoms with Crippen molar-refractivity contribution >= 4 is 50.4 Å². The zero-order valence-corrected chi connectivity index (χ0v) is 15.2. The summed E-state index contributed by atoms with van der Waals surface area (Å²) in [5, 5.41) is 0. The van der Waals surface area contributed by atoms with E-state index in [-0.39, 0.29) is 22.9 Å². The SMILES string of the molecule is C[C@@H]1Cc2cc(/C=C3/SC(=S)N(CCS(=O)(=O)O)C3=O)ccc2O1. The van der Waals surface area contributed by atoms with Crippen LogP contribution in [0.15, 0.2) is 23.1 Å². The fourth-order valence-electron chi connectivity index (χ4n) is 2.58. The van der Waals surface area contributed by atoms with E-state index in [0.29, 0.717) is 4.91 Å². The number of benzene rings is 1. The first-order valence-electron chi connectivity index (χ1n) is 7.23. The number of nitrogens with zero attached hydrogens (tertiary/aromatic N) is 1. The molecule has 24 heavy (non-hydrogen) atoms. The number of thiocarbonyl (C=S) groups is 1. The Hall–Kier alpha value is -1.42. The van der Waals surface area contributed by atoms with Gasteiger partial charge >= 0.3 is 0 Å². The number of carbonyl (C=O) groups is 1. The average Bonchev–Trinajstić information content (AvgIpc) is 2.96. The summed E-state index contributed by atoms with van der Waals surface area (Å²) in [6, 6.07) is 5.72. The van der Waals surface area contributed by atoms with Crippen molar-refractivity contribution in [3.63, 3.8) is 0 Å². The van der Waals surface area contributed by atoms with Crippen LogP contribution in [0.2, 0.25) is 0 Å². The molecule has 0 unspecified atom stereocenters. The molecule has 0 aliphatic carbocycles. The Morgan fingerprint density at radius 2 is 2.25 bits per heavy atom. The fourth-order valence-corrected chi connectivity index (χ4v) is 4.30. The van der Waals surface area contributed by atoms with Crippen LogP contribution >= 0.6 is 24.0 Å². The van der Waals surface area contributed by atoms with Crippen molar-refractivity contribution in [2.75, 3.05) is 12.3 Å². The van der Waals surface area contributed by atoms with Crippen molar-refractivity contribution in [1.82, 2.24) is 4.90 Å². The van der Waals surface area contributed by atoms with Crippen molar-refractivity contribution in [2.24, 2.45) is 0 Å². The molecule has 9 heteroatoms. The minimum absolute atomic E-state index is 0.147. The van der Waals surface area contributed by atoms with E-state index < -0.39 is 15.9 Å². The van der Waals surface area contributed by atoms with Crippen LogP contribution in [-0.2, 0) is 21.3 Å². The minimum atomic E-state index is -4.14. The lowest BCUT2D eigenvalue weighted by Gasteiger charge is -2.12. The molecule has 2 heterocycles. The summed E-state index contributed by atoms with van der Waals surface area (Å²) in [7, 11) is -4.14. The van der Waals surface area contributed by atoms with Gasteiger partial charge in [0.05, 0.1) is 10.7 Å². The van der Waals surface area contributed by atoms with E-state index >= 15 is 0 Å². The van der Waals surface area contributed by atoms with Gasteiger partial charge < -0.3 is 4.74 Å². The van der Waals surface area contributed by atoms with Gasteiger partial charge in [0.15, 0.2) is 0 Å². The third-order valence-electron chi connectivity index (χ3n) is 3.66. The normalized spacial score (nSPS) is 22.2. The van der Waals surface area contributed by atoms with E-state index in [1.807, 2.05) is 25.1 Å². The number of ether oxygens (including phenoxy) is 1. The number of fused-ring (bicyclic) bond motifs is 1. The fraction of sp³-hybridized carbons (Fsp3) is 0.333. The molecule has 1 N–H and O–H groups in total. The van der Waals surface area contributed by atoms with E-state index in [2.05, 4.69) is 0 Å². The molecule has 1 saturated heterocycles. The lowest BCUT2D eigenvalue weighted by Crippen LogP contribution is -2.32. The third kappa shape index (κ3) is 3.80. The van der Waals surface area contributed by atoms with Crippen molar-refractivity contribution < 1.29 is 22.5 Å². The predicted molar refractivity (Wildman–Crippen MR) is 96.5 cm³/mol. The number of hydrogen-bond donors (Lipinski definition) is 1. The smallest absolute Gasteiger partial charge is 0.266 e. The maximum atomic E-state index is 12.4. The van der Waals surface area contributed by atoms with E-state index in [9.17, 15) is 13.2 Å². The molecule has 2 aliphatic heterocycles. The lowest BCUT2D eigenvalue weighted by molar-refractivity contribution is -0.121. The second-order valence-electron chi connectivity index (χ2n) is 5.62. The van der Waals surface area contributed by atoms with Crippen LogP contribution in [-0.4, -0.2) is 46.5 Å². The highest BCUT2D eigenvalue weighted by molar-refractivity contribution is 8.26. The number of thioether (sulfide) groups is 1. The zero-order valence-electron chi connectivity index (χ0n) is 12.8. The first kappa shape index (κ1) is 17.4. The molecule has 1 fully saturated rings. The molecule has 0 bridgehead atoms. The Morgan fingerprint density at radius 1 is 1.50 bits per heavy atom. The van der Waals surface area contributed by atoms with E-state index in [0.717, 1.165) is 35.1 Å². The minimum Gasteiger partial charge on any atom is -0.490 e. The van der Waals surface area contributed by atoms with E-state index in [4.69, 9.17) is 21.5 Å². The number of rotatable bonds is 4. The molecule has 0 aromatic heterocycles. The van der Waals surface area contributed by atoms with Crippen LogP contribution in [0.5, 0.6) is 5.75 Å². The van der Waals surface area contributed by atoms with Crippen LogP contribution in [0.4, 0.5) is 0 Å². The highest BCUT2D eigenvalue weighted by Gasteiger charge is 2.32. The van der Waals surface area contributed by atoms with Crippen LogP contribution in [0, 0.1) is 0 Å². The zero-order chi connectivity index (χ0) is 17.5. The van der Waals surface area contributed by atoms with Gasteiger partial charge in [-0.1, -0.05) is 30.0 Å². The van der Waals surface area contributed by atoms with Crippen molar-refractivity contribution in [3.05, 3.63) is 34.2 Å². The standard InChI is InChI=1S/C15H15NO5S3/c1-9-6-11-7-10(2-3-12(11)21-9)8-13-14(17)16(15(22)23-13)4-5-24(18,19)20/h2-3,7-9H,4-6H2,1H3,(H,18,19,20)/b13-8+/t9-/m1/s1. The van der Waals surface area contributed by atoms with Crippen molar-refractivity contribution in [1.29, 1.82) is 0 Å². The summed E-state index contributed by atoms with van der Waals surface area (Å²) in [5.74, 6) is -0.0278. The summed E-state index contributed by atoms with van der Waals surface area (Å²) in [4.78, 5) is 14.0. The van der Waals surface area contributed by atoms with Crippen LogP contribution in [0.1, 0.15) is 18.1 Å². The summed E-state index contributed by atoms with van der Waals surface area (Å²) in [5.41, 5.74) is 1.96. The van der Waals surface area contributed by atoms with Gasteiger partial charge in [-0.25, -0.2) is 0 Å². The molecule has 1 aromatic rings. The summed E-state index contributed by atoms with van der Waals surface area (Å²) in [6.07, 6.45) is 2.71. The highest BCUT2D eigenvalue weighted by Crippen LogP contribution is 2.34. The molecule has 0 spiro atoms. The van der Waals surface area contributed by atoms with Gasteiger partial charge in [-0.2, -0.15) is 8.42 Å². The van der Waals surface area contributed by atoms with Gasteiger partial charge in [-0.05, 0) is 36.3 Å². The Balaban J connectivity index is 1.78. The quantitative estimate of drug-likeness (QED) is 0.483. The molecule has 128 valence electrons. The van der Waals surface area contributed by atoms with E-state index in [1.165, 1.54) is 4.90 Å². The maximum absolute atomic E-state index is 12.4. The molecule has 1 atom stereocenters. The van der Waals surface area contributed by atoms with Gasteiger partial charge in [-0.15, -0.1) is 0 Å².